The number of aryl methyl sites for hydroxylation is 1. The molecule has 0 unspecified atom stereocenters. The lowest BCUT2D eigenvalue weighted by Crippen LogP contribution is -2.01. The molecule has 0 aromatic carbocycles. The van der Waals surface area contributed by atoms with Crippen molar-refractivity contribution in [2.75, 3.05) is 5.32 Å². The third-order valence-corrected chi connectivity index (χ3v) is 3.20. The predicted octanol–water partition coefficient (Wildman–Crippen LogP) is 2.60. The standard InChI is InChI=1S/C11H10N4OS/c1-7-4-8(15-16-7)5-12-10-9-2-3-17-11(9)14-6-13-10/h2-4,6H,5H2,1H3,(H,12,13,14). The summed E-state index contributed by atoms with van der Waals surface area (Å²) in [6.45, 7) is 2.47. The quantitative estimate of drug-likeness (QED) is 0.769. The zero-order chi connectivity index (χ0) is 11.7. The van der Waals surface area contributed by atoms with Crippen LogP contribution in [0.4, 0.5) is 5.82 Å². The minimum absolute atomic E-state index is 0.597. The Morgan fingerprint density at radius 2 is 2.35 bits per heavy atom. The summed E-state index contributed by atoms with van der Waals surface area (Å²) in [4.78, 5) is 9.41. The third-order valence-electron chi connectivity index (χ3n) is 2.38. The van der Waals surface area contributed by atoms with Crippen LogP contribution in [0.2, 0.25) is 0 Å². The van der Waals surface area contributed by atoms with Crippen molar-refractivity contribution in [3.63, 3.8) is 0 Å². The summed E-state index contributed by atoms with van der Waals surface area (Å²) in [5.41, 5.74) is 0.865. The molecule has 86 valence electrons. The molecule has 6 heteroatoms. The number of thiophene rings is 1. The zero-order valence-corrected chi connectivity index (χ0v) is 9.99. The fourth-order valence-corrected chi connectivity index (χ4v) is 2.34. The molecule has 0 spiro atoms. The van der Waals surface area contributed by atoms with Gasteiger partial charge in [-0.1, -0.05) is 5.16 Å². The van der Waals surface area contributed by atoms with Crippen molar-refractivity contribution >= 4 is 27.4 Å². The Bertz CT molecular complexity index is 646. The van der Waals surface area contributed by atoms with E-state index in [0.717, 1.165) is 27.5 Å². The van der Waals surface area contributed by atoms with E-state index in [1.54, 1.807) is 17.7 Å². The Morgan fingerprint density at radius 1 is 1.41 bits per heavy atom. The molecule has 0 aliphatic rings. The molecule has 17 heavy (non-hydrogen) atoms. The first kappa shape index (κ1) is 10.2. The highest BCUT2D eigenvalue weighted by atomic mass is 32.1. The molecule has 0 saturated heterocycles. The van der Waals surface area contributed by atoms with Crippen LogP contribution in [-0.4, -0.2) is 15.1 Å². The number of rotatable bonds is 3. The highest BCUT2D eigenvalue weighted by molar-refractivity contribution is 7.16. The van der Waals surface area contributed by atoms with E-state index in [1.165, 1.54) is 0 Å². The van der Waals surface area contributed by atoms with Crippen LogP contribution >= 0.6 is 11.3 Å². The molecule has 1 N–H and O–H groups in total. The lowest BCUT2D eigenvalue weighted by molar-refractivity contribution is 0.391. The molecule has 0 aliphatic carbocycles. The van der Waals surface area contributed by atoms with Gasteiger partial charge in [0.2, 0.25) is 0 Å². The third kappa shape index (κ3) is 1.99. The second kappa shape index (κ2) is 4.14. The Morgan fingerprint density at radius 3 is 3.18 bits per heavy atom. The van der Waals surface area contributed by atoms with Crippen molar-refractivity contribution in [2.24, 2.45) is 0 Å². The molecule has 0 atom stereocenters. The average Bonchev–Trinajstić information content (AvgIpc) is 2.94. The fourth-order valence-electron chi connectivity index (χ4n) is 1.61. The first-order chi connectivity index (χ1) is 8.33. The van der Waals surface area contributed by atoms with Crippen LogP contribution in [0.15, 0.2) is 28.4 Å². The van der Waals surface area contributed by atoms with Gasteiger partial charge in [0.15, 0.2) is 0 Å². The maximum atomic E-state index is 5.00. The van der Waals surface area contributed by atoms with Gasteiger partial charge in [0, 0.05) is 6.07 Å². The average molecular weight is 246 g/mol. The van der Waals surface area contributed by atoms with Crippen molar-refractivity contribution in [3.8, 4) is 0 Å². The minimum atomic E-state index is 0.597. The summed E-state index contributed by atoms with van der Waals surface area (Å²) in [7, 11) is 0. The SMILES string of the molecule is Cc1cc(CNc2ncnc3sccc23)no1. The largest absolute Gasteiger partial charge is 0.364 e. The number of hydrogen-bond donors (Lipinski definition) is 1. The molecular weight excluding hydrogens is 236 g/mol. The molecule has 3 heterocycles. The molecule has 0 aliphatic heterocycles. The Hall–Kier alpha value is -1.95. The molecule has 5 nitrogen and oxygen atoms in total. The molecule has 0 radical (unpaired) electrons. The van der Waals surface area contributed by atoms with Gasteiger partial charge in [0.25, 0.3) is 0 Å². The monoisotopic (exact) mass is 246 g/mol. The van der Waals surface area contributed by atoms with Crippen molar-refractivity contribution < 1.29 is 4.52 Å². The zero-order valence-electron chi connectivity index (χ0n) is 9.17. The van der Waals surface area contributed by atoms with Gasteiger partial charge in [0.05, 0.1) is 11.9 Å². The summed E-state index contributed by atoms with van der Waals surface area (Å²) in [5.74, 6) is 1.64. The van der Waals surface area contributed by atoms with Crippen LogP contribution in [-0.2, 0) is 6.54 Å². The molecule has 0 fully saturated rings. The summed E-state index contributed by atoms with van der Waals surface area (Å²) in [6, 6.07) is 3.91. The van der Waals surface area contributed by atoms with Crippen LogP contribution < -0.4 is 5.32 Å². The molecule has 3 aromatic heterocycles. The van der Waals surface area contributed by atoms with Crippen molar-refractivity contribution in [1.29, 1.82) is 0 Å². The van der Waals surface area contributed by atoms with E-state index in [9.17, 15) is 0 Å². The van der Waals surface area contributed by atoms with E-state index in [-0.39, 0.29) is 0 Å². The Balaban J connectivity index is 1.83. The Kier molecular flexibility index (Phi) is 2.49. The number of aromatic nitrogens is 3. The van der Waals surface area contributed by atoms with Crippen LogP contribution in [0.5, 0.6) is 0 Å². The second-order valence-corrected chi connectivity index (χ2v) is 4.54. The summed E-state index contributed by atoms with van der Waals surface area (Å²) < 4.78 is 5.00. The van der Waals surface area contributed by atoms with Gasteiger partial charge in [-0.3, -0.25) is 0 Å². The maximum absolute atomic E-state index is 5.00. The van der Waals surface area contributed by atoms with E-state index in [2.05, 4.69) is 20.4 Å². The van der Waals surface area contributed by atoms with E-state index < -0.39 is 0 Å². The van der Waals surface area contributed by atoms with Crippen LogP contribution in [0.1, 0.15) is 11.5 Å². The molecule has 0 saturated carbocycles. The second-order valence-electron chi connectivity index (χ2n) is 3.64. The van der Waals surface area contributed by atoms with Crippen LogP contribution in [0.25, 0.3) is 10.2 Å². The first-order valence-corrected chi connectivity index (χ1v) is 6.05. The van der Waals surface area contributed by atoms with Gasteiger partial charge in [-0.2, -0.15) is 0 Å². The van der Waals surface area contributed by atoms with Crippen LogP contribution in [0.3, 0.4) is 0 Å². The lowest BCUT2D eigenvalue weighted by atomic mass is 10.3. The topological polar surface area (TPSA) is 63.8 Å². The lowest BCUT2D eigenvalue weighted by Gasteiger charge is -2.03. The van der Waals surface area contributed by atoms with Gasteiger partial charge in [-0.15, -0.1) is 11.3 Å². The molecule has 0 bridgehead atoms. The predicted molar refractivity (Wildman–Crippen MR) is 66.0 cm³/mol. The minimum Gasteiger partial charge on any atom is -0.364 e. The summed E-state index contributed by atoms with van der Waals surface area (Å²) in [5, 5.41) is 10.2. The normalized spacial score (nSPS) is 10.9. The van der Waals surface area contributed by atoms with E-state index in [1.807, 2.05) is 24.4 Å². The van der Waals surface area contributed by atoms with E-state index >= 15 is 0 Å². The molecule has 0 amide bonds. The van der Waals surface area contributed by atoms with E-state index in [4.69, 9.17) is 4.52 Å². The van der Waals surface area contributed by atoms with Gasteiger partial charge in [-0.25, -0.2) is 9.97 Å². The molecule has 3 aromatic rings. The first-order valence-electron chi connectivity index (χ1n) is 5.17. The Labute approximate surface area is 101 Å². The highest BCUT2D eigenvalue weighted by Gasteiger charge is 2.05. The number of nitrogens with zero attached hydrogens (tertiary/aromatic N) is 3. The highest BCUT2D eigenvalue weighted by Crippen LogP contribution is 2.23. The smallest absolute Gasteiger partial charge is 0.138 e. The van der Waals surface area contributed by atoms with Gasteiger partial charge in [0.1, 0.15) is 28.4 Å². The van der Waals surface area contributed by atoms with Gasteiger partial charge < -0.3 is 9.84 Å². The fraction of sp³-hybridized carbons (Fsp3) is 0.182. The number of anilines is 1. The van der Waals surface area contributed by atoms with Crippen LogP contribution in [0, 0.1) is 6.92 Å². The maximum Gasteiger partial charge on any atom is 0.138 e. The molecular formula is C11H10N4OS. The van der Waals surface area contributed by atoms with Crippen molar-refractivity contribution in [2.45, 2.75) is 13.5 Å². The number of hydrogen-bond acceptors (Lipinski definition) is 6. The van der Waals surface area contributed by atoms with Crippen molar-refractivity contribution in [1.82, 2.24) is 15.1 Å². The number of fused-ring (bicyclic) bond motifs is 1. The van der Waals surface area contributed by atoms with Gasteiger partial charge in [-0.05, 0) is 18.4 Å². The van der Waals surface area contributed by atoms with Gasteiger partial charge >= 0.3 is 0 Å². The van der Waals surface area contributed by atoms with E-state index in [0.29, 0.717) is 6.54 Å². The molecule has 3 rings (SSSR count). The van der Waals surface area contributed by atoms with Crippen molar-refractivity contribution in [3.05, 3.63) is 35.3 Å². The summed E-state index contributed by atoms with van der Waals surface area (Å²) >= 11 is 1.60. The summed E-state index contributed by atoms with van der Waals surface area (Å²) in [6.07, 6.45) is 1.56. The number of nitrogens with one attached hydrogen (secondary N) is 1.